The Hall–Kier alpha value is -1.07. The Morgan fingerprint density at radius 2 is 2.28 bits per heavy atom. The van der Waals surface area contributed by atoms with Crippen LogP contribution >= 0.6 is 0 Å². The van der Waals surface area contributed by atoms with Crippen LogP contribution in [0.5, 0.6) is 0 Å². The first-order valence-electron chi connectivity index (χ1n) is 6.79. The zero-order valence-electron chi connectivity index (χ0n) is 11.5. The Balaban J connectivity index is 2.04. The van der Waals surface area contributed by atoms with Gasteiger partial charge in [0.05, 0.1) is 5.69 Å². The number of nitrogens with one attached hydrogen (secondary N) is 1. The number of anilines is 1. The Morgan fingerprint density at radius 1 is 1.39 bits per heavy atom. The lowest BCUT2D eigenvalue weighted by molar-refractivity contribution is 0.190. The molecule has 1 fully saturated rings. The van der Waals surface area contributed by atoms with Gasteiger partial charge in [0.2, 0.25) is 5.95 Å². The summed E-state index contributed by atoms with van der Waals surface area (Å²) in [4.78, 5) is 7.06. The molecule has 0 amide bonds. The lowest BCUT2D eigenvalue weighted by atomic mass is 10.4. The Bertz CT molecular complexity index is 356. The summed E-state index contributed by atoms with van der Waals surface area (Å²) in [6.45, 7) is 8.14. The molecule has 5 nitrogen and oxygen atoms in total. The van der Waals surface area contributed by atoms with Gasteiger partial charge in [-0.3, -0.25) is 0 Å². The minimum atomic E-state index is 0.804. The third-order valence-electron chi connectivity index (χ3n) is 3.25. The maximum Gasteiger partial charge on any atom is 0.205 e. The quantitative estimate of drug-likeness (QED) is 0.795. The number of methoxy groups -OCH3 is 1. The van der Waals surface area contributed by atoms with Crippen molar-refractivity contribution in [2.24, 2.45) is 0 Å². The molecule has 1 aromatic rings. The van der Waals surface area contributed by atoms with Gasteiger partial charge in [-0.1, -0.05) is 0 Å². The van der Waals surface area contributed by atoms with Gasteiger partial charge in [-0.15, -0.1) is 0 Å². The minimum Gasteiger partial charge on any atom is -0.385 e. The molecule has 102 valence electrons. The number of aryl methyl sites for hydroxylation is 2. The van der Waals surface area contributed by atoms with Gasteiger partial charge < -0.3 is 19.5 Å². The molecule has 0 atom stereocenters. The van der Waals surface area contributed by atoms with E-state index in [4.69, 9.17) is 4.74 Å². The second-order valence-corrected chi connectivity index (χ2v) is 4.81. The molecule has 1 aliphatic heterocycles. The number of imidazole rings is 1. The summed E-state index contributed by atoms with van der Waals surface area (Å²) < 4.78 is 7.38. The molecular formula is C13H24N4O. The normalized spacial score (nSPS) is 16.9. The highest BCUT2D eigenvalue weighted by Gasteiger charge is 2.15. The van der Waals surface area contributed by atoms with Crippen molar-refractivity contribution >= 4 is 5.95 Å². The van der Waals surface area contributed by atoms with Gasteiger partial charge in [-0.2, -0.15) is 0 Å². The zero-order chi connectivity index (χ0) is 12.8. The minimum absolute atomic E-state index is 0.804. The summed E-state index contributed by atoms with van der Waals surface area (Å²) in [5.41, 5.74) is 1.10. The van der Waals surface area contributed by atoms with Gasteiger partial charge in [0.25, 0.3) is 0 Å². The van der Waals surface area contributed by atoms with E-state index in [1.165, 1.54) is 6.42 Å². The molecule has 18 heavy (non-hydrogen) atoms. The Labute approximate surface area is 109 Å². The van der Waals surface area contributed by atoms with Crippen molar-refractivity contribution in [3.63, 3.8) is 0 Å². The second-order valence-electron chi connectivity index (χ2n) is 4.81. The predicted molar refractivity (Wildman–Crippen MR) is 73.2 cm³/mol. The van der Waals surface area contributed by atoms with E-state index in [1.807, 2.05) is 0 Å². The largest absolute Gasteiger partial charge is 0.385 e. The molecule has 0 unspecified atom stereocenters. The summed E-state index contributed by atoms with van der Waals surface area (Å²) >= 11 is 0. The van der Waals surface area contributed by atoms with Crippen molar-refractivity contribution in [1.82, 2.24) is 14.9 Å². The molecule has 0 aromatic carbocycles. The van der Waals surface area contributed by atoms with E-state index in [-0.39, 0.29) is 0 Å². The number of hydrogen-bond acceptors (Lipinski definition) is 4. The van der Waals surface area contributed by atoms with Crippen LogP contribution in [0.4, 0.5) is 5.95 Å². The molecule has 2 rings (SSSR count). The first-order chi connectivity index (χ1) is 8.81. The van der Waals surface area contributed by atoms with Gasteiger partial charge in [0.1, 0.15) is 0 Å². The summed E-state index contributed by atoms with van der Waals surface area (Å²) in [6.07, 6.45) is 4.36. The topological polar surface area (TPSA) is 42.3 Å². The third-order valence-corrected chi connectivity index (χ3v) is 3.25. The first-order valence-corrected chi connectivity index (χ1v) is 6.79. The zero-order valence-corrected chi connectivity index (χ0v) is 11.5. The molecule has 1 aromatic heterocycles. The maximum absolute atomic E-state index is 5.12. The summed E-state index contributed by atoms with van der Waals surface area (Å²) in [6, 6.07) is 0. The van der Waals surface area contributed by atoms with Crippen LogP contribution in [0.2, 0.25) is 0 Å². The molecular weight excluding hydrogens is 228 g/mol. The summed E-state index contributed by atoms with van der Waals surface area (Å²) in [7, 11) is 1.75. The van der Waals surface area contributed by atoms with Gasteiger partial charge in [0.15, 0.2) is 0 Å². The van der Waals surface area contributed by atoms with Crippen molar-refractivity contribution in [1.29, 1.82) is 0 Å². The fraction of sp³-hybridized carbons (Fsp3) is 0.769. The van der Waals surface area contributed by atoms with Gasteiger partial charge in [-0.05, 0) is 26.3 Å². The number of nitrogens with zero attached hydrogens (tertiary/aromatic N) is 3. The average Bonchev–Trinajstić information content (AvgIpc) is 2.58. The Kier molecular flexibility index (Phi) is 5.01. The van der Waals surface area contributed by atoms with Crippen LogP contribution in [0.15, 0.2) is 6.20 Å². The summed E-state index contributed by atoms with van der Waals surface area (Å²) in [5, 5.41) is 3.43. The molecule has 0 spiro atoms. The SMILES string of the molecule is COCCCn1cc(C)nc1N1CCCNCC1. The standard InChI is InChI=1S/C13H24N4O/c1-12-11-17(8-4-10-18-2)13(15-12)16-7-3-5-14-6-9-16/h11,14H,3-10H2,1-2H3. The van der Waals surface area contributed by atoms with Crippen LogP contribution in [0.1, 0.15) is 18.5 Å². The van der Waals surface area contributed by atoms with Gasteiger partial charge in [0, 0.05) is 46.1 Å². The van der Waals surface area contributed by atoms with E-state index >= 15 is 0 Å². The number of ether oxygens (including phenoxy) is 1. The van der Waals surface area contributed by atoms with Crippen LogP contribution < -0.4 is 10.2 Å². The van der Waals surface area contributed by atoms with E-state index < -0.39 is 0 Å². The summed E-state index contributed by atoms with van der Waals surface area (Å²) in [5.74, 6) is 1.12. The molecule has 5 heteroatoms. The van der Waals surface area contributed by atoms with Gasteiger partial charge >= 0.3 is 0 Å². The number of rotatable bonds is 5. The average molecular weight is 252 g/mol. The van der Waals surface area contributed by atoms with Gasteiger partial charge in [-0.25, -0.2) is 4.98 Å². The first kappa shape index (κ1) is 13.4. The van der Waals surface area contributed by atoms with Crippen molar-refractivity contribution in [3.8, 4) is 0 Å². The number of aromatic nitrogens is 2. The van der Waals surface area contributed by atoms with Crippen LogP contribution in [-0.4, -0.2) is 49.4 Å². The highest BCUT2D eigenvalue weighted by Crippen LogP contribution is 2.16. The Morgan fingerprint density at radius 3 is 3.11 bits per heavy atom. The highest BCUT2D eigenvalue weighted by molar-refractivity contribution is 5.33. The second kappa shape index (κ2) is 6.75. The van der Waals surface area contributed by atoms with Crippen LogP contribution in [0, 0.1) is 6.92 Å². The molecule has 1 aliphatic rings. The molecule has 0 radical (unpaired) electrons. The van der Waals surface area contributed by atoms with E-state index in [2.05, 4.69) is 32.9 Å². The predicted octanol–water partition coefficient (Wildman–Crippen LogP) is 1.03. The van der Waals surface area contributed by atoms with E-state index in [0.717, 1.165) is 57.4 Å². The molecule has 1 N–H and O–H groups in total. The van der Waals surface area contributed by atoms with Crippen LogP contribution in [0.3, 0.4) is 0 Å². The van der Waals surface area contributed by atoms with Crippen LogP contribution in [0.25, 0.3) is 0 Å². The van der Waals surface area contributed by atoms with E-state index in [1.54, 1.807) is 7.11 Å². The monoisotopic (exact) mass is 252 g/mol. The number of hydrogen-bond donors (Lipinski definition) is 1. The van der Waals surface area contributed by atoms with E-state index in [9.17, 15) is 0 Å². The van der Waals surface area contributed by atoms with E-state index in [0.29, 0.717) is 0 Å². The van der Waals surface area contributed by atoms with Crippen molar-refractivity contribution in [2.75, 3.05) is 44.8 Å². The molecule has 0 saturated carbocycles. The highest BCUT2D eigenvalue weighted by atomic mass is 16.5. The lowest BCUT2D eigenvalue weighted by Gasteiger charge is -2.22. The molecule has 2 heterocycles. The molecule has 0 aliphatic carbocycles. The van der Waals surface area contributed by atoms with Crippen molar-refractivity contribution < 1.29 is 4.74 Å². The van der Waals surface area contributed by atoms with Crippen molar-refractivity contribution in [3.05, 3.63) is 11.9 Å². The fourth-order valence-electron chi connectivity index (χ4n) is 2.38. The fourth-order valence-corrected chi connectivity index (χ4v) is 2.38. The smallest absolute Gasteiger partial charge is 0.205 e. The third kappa shape index (κ3) is 3.46. The van der Waals surface area contributed by atoms with Crippen molar-refractivity contribution in [2.45, 2.75) is 26.3 Å². The maximum atomic E-state index is 5.12. The molecule has 0 bridgehead atoms. The molecule has 1 saturated heterocycles. The lowest BCUT2D eigenvalue weighted by Crippen LogP contribution is -2.30. The van der Waals surface area contributed by atoms with Crippen LogP contribution in [-0.2, 0) is 11.3 Å².